The minimum Gasteiger partial charge on any atom is -0.412 e. The van der Waals surface area contributed by atoms with Crippen LogP contribution in [0.3, 0.4) is 0 Å². The number of fused-ring (bicyclic) bond motifs is 5. The van der Waals surface area contributed by atoms with E-state index in [9.17, 15) is 5.11 Å². The van der Waals surface area contributed by atoms with E-state index in [2.05, 4.69) is 40.7 Å². The van der Waals surface area contributed by atoms with Crippen molar-refractivity contribution in [1.29, 1.82) is 0 Å². The predicted molar refractivity (Wildman–Crippen MR) is 123 cm³/mol. The minimum atomic E-state index is -0.0766. The number of aliphatic hydroxyl groups excluding tert-OH is 1. The van der Waals surface area contributed by atoms with Crippen LogP contribution >= 0.6 is 0 Å². The molecule has 8 atom stereocenters. The summed E-state index contributed by atoms with van der Waals surface area (Å²) in [6, 6.07) is 0. The molecule has 0 radical (unpaired) electrons. The molecule has 0 saturated heterocycles. The van der Waals surface area contributed by atoms with Gasteiger partial charge >= 0.3 is 0 Å². The first kappa shape index (κ1) is 23.3. The van der Waals surface area contributed by atoms with Gasteiger partial charge in [0.1, 0.15) is 0 Å². The highest BCUT2D eigenvalue weighted by atomic mass is 16.3. The molecule has 3 fully saturated rings. The van der Waals surface area contributed by atoms with E-state index in [1.54, 1.807) is 5.57 Å². The van der Waals surface area contributed by atoms with Gasteiger partial charge in [0.05, 0.1) is 6.10 Å². The summed E-state index contributed by atoms with van der Waals surface area (Å²) in [5.41, 5.74) is 2.60. The van der Waals surface area contributed by atoms with Crippen LogP contribution in [0, 0.1) is 46.3 Å². The van der Waals surface area contributed by atoms with Crippen molar-refractivity contribution in [3.05, 3.63) is 11.6 Å². The molecule has 0 amide bonds. The zero-order chi connectivity index (χ0) is 20.1. The van der Waals surface area contributed by atoms with Crippen LogP contribution < -0.4 is 0 Å². The Morgan fingerprint density at radius 3 is 2.48 bits per heavy atom. The lowest BCUT2D eigenvalue weighted by atomic mass is 9.47. The lowest BCUT2D eigenvalue weighted by Crippen LogP contribution is -2.50. The van der Waals surface area contributed by atoms with Crippen LogP contribution in [0.15, 0.2) is 11.6 Å². The van der Waals surface area contributed by atoms with Gasteiger partial charge in [-0.25, -0.2) is 0 Å². The van der Waals surface area contributed by atoms with Crippen LogP contribution in [0.5, 0.6) is 0 Å². The van der Waals surface area contributed by atoms with Gasteiger partial charge in [0.15, 0.2) is 0 Å². The quantitative estimate of drug-likeness (QED) is 0.518. The van der Waals surface area contributed by atoms with E-state index in [-0.39, 0.29) is 11.6 Å². The largest absolute Gasteiger partial charge is 0.412 e. The smallest absolute Gasteiger partial charge is 0.0577 e. The Morgan fingerprint density at radius 2 is 1.76 bits per heavy atom. The SMILES string of the molecule is CC(C)CCCC(C)C1CCC2C3CC=C4CC(O)CCC4(C)C3CCC12C.O. The summed E-state index contributed by atoms with van der Waals surface area (Å²) in [6.45, 7) is 12.6. The van der Waals surface area contributed by atoms with E-state index >= 15 is 0 Å². The van der Waals surface area contributed by atoms with Crippen LogP contribution in [0.25, 0.3) is 0 Å². The lowest BCUT2D eigenvalue weighted by molar-refractivity contribution is -0.0573. The summed E-state index contributed by atoms with van der Waals surface area (Å²) < 4.78 is 0. The minimum absolute atomic E-state index is 0. The molecule has 3 saturated carbocycles. The highest BCUT2D eigenvalue weighted by Crippen LogP contribution is 2.67. The monoisotopic (exact) mass is 404 g/mol. The summed E-state index contributed by atoms with van der Waals surface area (Å²) in [6.07, 6.45) is 17.2. The molecule has 168 valence electrons. The van der Waals surface area contributed by atoms with Gasteiger partial charge in [0, 0.05) is 0 Å². The van der Waals surface area contributed by atoms with Gasteiger partial charge in [-0.1, -0.05) is 65.5 Å². The molecule has 0 aliphatic heterocycles. The Hall–Kier alpha value is -0.340. The van der Waals surface area contributed by atoms with E-state index in [4.69, 9.17) is 0 Å². The normalized spacial score (nSPS) is 44.9. The molecule has 2 heteroatoms. The van der Waals surface area contributed by atoms with Gasteiger partial charge in [-0.15, -0.1) is 0 Å². The Labute approximate surface area is 180 Å². The van der Waals surface area contributed by atoms with Crippen LogP contribution in [-0.2, 0) is 0 Å². The first-order chi connectivity index (χ1) is 13.3. The fourth-order valence-corrected chi connectivity index (χ4v) is 8.67. The van der Waals surface area contributed by atoms with Gasteiger partial charge in [0.25, 0.3) is 0 Å². The molecule has 0 aromatic rings. The second kappa shape index (κ2) is 8.65. The Morgan fingerprint density at radius 1 is 1.00 bits per heavy atom. The lowest BCUT2D eigenvalue weighted by Gasteiger charge is -2.58. The maximum Gasteiger partial charge on any atom is 0.0577 e. The zero-order valence-electron chi connectivity index (χ0n) is 19.8. The van der Waals surface area contributed by atoms with Crippen molar-refractivity contribution < 1.29 is 10.6 Å². The fourth-order valence-electron chi connectivity index (χ4n) is 8.67. The van der Waals surface area contributed by atoms with Crippen molar-refractivity contribution in [3.63, 3.8) is 0 Å². The van der Waals surface area contributed by atoms with Crippen molar-refractivity contribution >= 4 is 0 Å². The predicted octanol–water partition coefficient (Wildman–Crippen LogP) is 6.56. The molecule has 0 spiro atoms. The maximum atomic E-state index is 10.2. The molecule has 0 aromatic carbocycles. The second-order valence-corrected chi connectivity index (χ2v) is 12.2. The summed E-state index contributed by atoms with van der Waals surface area (Å²) in [5.74, 6) is 5.46. The maximum absolute atomic E-state index is 10.2. The third-order valence-electron chi connectivity index (χ3n) is 10.3. The third kappa shape index (κ3) is 3.98. The summed E-state index contributed by atoms with van der Waals surface area (Å²) >= 11 is 0. The summed E-state index contributed by atoms with van der Waals surface area (Å²) in [7, 11) is 0. The zero-order valence-corrected chi connectivity index (χ0v) is 19.8. The van der Waals surface area contributed by atoms with Gasteiger partial charge < -0.3 is 10.6 Å². The van der Waals surface area contributed by atoms with Gasteiger partial charge in [0.2, 0.25) is 0 Å². The van der Waals surface area contributed by atoms with Crippen LogP contribution in [0.1, 0.15) is 105 Å². The highest BCUT2D eigenvalue weighted by molar-refractivity contribution is 5.25. The number of rotatable bonds is 5. The first-order valence-corrected chi connectivity index (χ1v) is 12.6. The molecule has 8 unspecified atom stereocenters. The number of allylic oxidation sites excluding steroid dienone is 1. The van der Waals surface area contributed by atoms with Crippen molar-refractivity contribution in [2.45, 2.75) is 111 Å². The van der Waals surface area contributed by atoms with Gasteiger partial charge in [-0.3, -0.25) is 0 Å². The van der Waals surface area contributed by atoms with Crippen molar-refractivity contribution in [3.8, 4) is 0 Å². The molecule has 0 bridgehead atoms. The summed E-state index contributed by atoms with van der Waals surface area (Å²) in [4.78, 5) is 0. The third-order valence-corrected chi connectivity index (χ3v) is 10.3. The standard InChI is InChI=1S/C27H46O.H2O/c1-18(2)7-6-8-19(3)23-11-12-24-22-10-9-20-17-21(28)13-15-26(20,4)25(22)14-16-27(23,24)5;/h9,18-19,21-25,28H,6-8,10-17H2,1-5H3;1H2. The first-order valence-electron chi connectivity index (χ1n) is 12.6. The van der Waals surface area contributed by atoms with Crippen LogP contribution in [0.2, 0.25) is 0 Å². The molecule has 4 aliphatic carbocycles. The second-order valence-electron chi connectivity index (χ2n) is 12.2. The molecule has 3 N–H and O–H groups in total. The Kier molecular flexibility index (Phi) is 6.96. The molecule has 4 aliphatic rings. The van der Waals surface area contributed by atoms with Gasteiger partial charge in [-0.05, 0) is 97.7 Å². The topological polar surface area (TPSA) is 51.7 Å². The van der Waals surface area contributed by atoms with Crippen molar-refractivity contribution in [1.82, 2.24) is 0 Å². The van der Waals surface area contributed by atoms with E-state index in [0.717, 1.165) is 48.3 Å². The van der Waals surface area contributed by atoms with Crippen LogP contribution in [0.4, 0.5) is 0 Å². The fraction of sp³-hybridized carbons (Fsp3) is 0.926. The number of aliphatic hydroxyl groups is 1. The summed E-state index contributed by atoms with van der Waals surface area (Å²) in [5, 5.41) is 10.2. The van der Waals surface area contributed by atoms with E-state index in [0.29, 0.717) is 10.8 Å². The van der Waals surface area contributed by atoms with Gasteiger partial charge in [-0.2, -0.15) is 0 Å². The van der Waals surface area contributed by atoms with E-state index in [1.807, 2.05) is 0 Å². The van der Waals surface area contributed by atoms with E-state index < -0.39 is 0 Å². The average Bonchev–Trinajstić information content (AvgIpc) is 2.99. The number of hydrogen-bond acceptors (Lipinski definition) is 1. The molecule has 0 aromatic heterocycles. The average molecular weight is 405 g/mol. The van der Waals surface area contributed by atoms with Crippen molar-refractivity contribution in [2.24, 2.45) is 46.3 Å². The molecule has 4 rings (SSSR count). The van der Waals surface area contributed by atoms with E-state index in [1.165, 1.54) is 57.8 Å². The Bertz CT molecular complexity index is 595. The Balaban J connectivity index is 0.00000240. The number of hydrogen-bond donors (Lipinski definition) is 1. The van der Waals surface area contributed by atoms with Crippen LogP contribution in [-0.4, -0.2) is 16.7 Å². The highest BCUT2D eigenvalue weighted by Gasteiger charge is 2.59. The molecule has 0 heterocycles. The van der Waals surface area contributed by atoms with Crippen molar-refractivity contribution in [2.75, 3.05) is 0 Å². The molecular weight excluding hydrogens is 356 g/mol. The molecule has 2 nitrogen and oxygen atoms in total. The molecular formula is C27H48O2. The molecule has 29 heavy (non-hydrogen) atoms.